The number of rotatable bonds is 6. The first-order chi connectivity index (χ1) is 13.4. The number of carbonyl (C=O) groups excluding carboxylic acids is 1. The van der Waals surface area contributed by atoms with Crippen molar-refractivity contribution >= 4 is 6.03 Å². The summed E-state index contributed by atoms with van der Waals surface area (Å²) in [6.07, 6.45) is -4.41. The van der Waals surface area contributed by atoms with Crippen molar-refractivity contribution in [2.24, 2.45) is 0 Å². The Morgan fingerprint density at radius 1 is 1.07 bits per heavy atom. The van der Waals surface area contributed by atoms with Gasteiger partial charge in [-0.3, -0.25) is 0 Å². The van der Waals surface area contributed by atoms with Crippen molar-refractivity contribution in [2.75, 3.05) is 26.8 Å². The molecule has 0 spiro atoms. The van der Waals surface area contributed by atoms with Gasteiger partial charge in [0.25, 0.3) is 0 Å². The van der Waals surface area contributed by atoms with Gasteiger partial charge in [0.15, 0.2) is 0 Å². The van der Waals surface area contributed by atoms with Crippen LogP contribution in [0.5, 0.6) is 11.5 Å². The summed E-state index contributed by atoms with van der Waals surface area (Å²) in [5.74, 6) is 6.56. The van der Waals surface area contributed by atoms with Crippen LogP contribution < -0.4 is 20.1 Å². The van der Waals surface area contributed by atoms with E-state index in [0.29, 0.717) is 5.75 Å². The van der Waals surface area contributed by atoms with Gasteiger partial charge in [-0.25, -0.2) is 4.79 Å². The van der Waals surface area contributed by atoms with Crippen LogP contribution in [-0.2, 0) is 6.18 Å². The molecule has 2 aromatic carbocycles. The average molecular weight is 392 g/mol. The largest absolute Gasteiger partial charge is 0.497 e. The number of hydrogen-bond donors (Lipinski definition) is 2. The number of benzene rings is 2. The first-order valence-electron chi connectivity index (χ1n) is 8.33. The molecule has 28 heavy (non-hydrogen) atoms. The lowest BCUT2D eigenvalue weighted by molar-refractivity contribution is -0.137. The highest BCUT2D eigenvalue weighted by Gasteiger charge is 2.30. The van der Waals surface area contributed by atoms with Gasteiger partial charge < -0.3 is 20.1 Å². The summed E-state index contributed by atoms with van der Waals surface area (Å²) in [6.45, 7) is 0.552. The number of carbonyl (C=O) groups is 1. The maximum Gasteiger partial charge on any atom is 0.416 e. The van der Waals surface area contributed by atoms with Gasteiger partial charge in [-0.05, 0) is 42.5 Å². The normalized spacial score (nSPS) is 10.4. The van der Waals surface area contributed by atoms with Crippen LogP contribution in [0.3, 0.4) is 0 Å². The maximum atomic E-state index is 12.6. The predicted molar refractivity (Wildman–Crippen MR) is 98.2 cm³/mol. The summed E-state index contributed by atoms with van der Waals surface area (Å²) in [7, 11) is 1.57. The molecule has 5 nitrogen and oxygen atoms in total. The number of methoxy groups -OCH3 is 1. The second-order valence-electron chi connectivity index (χ2n) is 5.51. The molecule has 2 aromatic rings. The third-order valence-corrected chi connectivity index (χ3v) is 3.48. The van der Waals surface area contributed by atoms with Gasteiger partial charge in [-0.15, -0.1) is 0 Å². The molecule has 2 amide bonds. The number of nitrogens with one attached hydrogen (secondary N) is 2. The van der Waals surface area contributed by atoms with E-state index in [4.69, 9.17) is 9.47 Å². The topological polar surface area (TPSA) is 59.6 Å². The van der Waals surface area contributed by atoms with E-state index >= 15 is 0 Å². The predicted octanol–water partition coefficient (Wildman–Crippen LogP) is 3.44. The molecule has 0 saturated heterocycles. The molecule has 0 fully saturated rings. The molecule has 0 aliphatic rings. The van der Waals surface area contributed by atoms with Crippen LogP contribution in [0.15, 0.2) is 48.5 Å². The van der Waals surface area contributed by atoms with Gasteiger partial charge >= 0.3 is 12.2 Å². The van der Waals surface area contributed by atoms with Crippen molar-refractivity contribution < 1.29 is 27.4 Å². The van der Waals surface area contributed by atoms with Crippen molar-refractivity contribution in [3.63, 3.8) is 0 Å². The Bertz CT molecular complexity index is 840. The summed E-state index contributed by atoms with van der Waals surface area (Å²) in [6, 6.07) is 11.3. The molecule has 0 aliphatic heterocycles. The standard InChI is InChI=1S/C20H19F3N2O3/c1-27-17-7-9-18(10-8-17)28-13-12-25-19(26)24-11-3-5-15-4-2-6-16(14-15)20(21,22)23/h2,4,6-10,14H,11-13H2,1H3,(H2,24,25,26). The number of hydrogen-bond acceptors (Lipinski definition) is 3. The van der Waals surface area contributed by atoms with E-state index in [1.807, 2.05) is 0 Å². The number of amides is 2. The lowest BCUT2D eigenvalue weighted by atomic mass is 10.1. The van der Waals surface area contributed by atoms with Gasteiger partial charge in [0.1, 0.15) is 18.1 Å². The first kappa shape index (κ1) is 21.0. The fraction of sp³-hybridized carbons (Fsp3) is 0.250. The lowest BCUT2D eigenvalue weighted by Gasteiger charge is -2.08. The minimum Gasteiger partial charge on any atom is -0.497 e. The summed E-state index contributed by atoms with van der Waals surface area (Å²) in [5, 5.41) is 5.08. The molecule has 0 aliphatic carbocycles. The minimum atomic E-state index is -4.41. The Hall–Kier alpha value is -3.34. The van der Waals surface area contributed by atoms with Gasteiger partial charge in [0.2, 0.25) is 0 Å². The Kier molecular flexibility index (Phi) is 7.57. The van der Waals surface area contributed by atoms with E-state index in [-0.39, 0.29) is 25.3 Å². The molecule has 0 heterocycles. The monoisotopic (exact) mass is 392 g/mol. The lowest BCUT2D eigenvalue weighted by Crippen LogP contribution is -2.37. The summed E-state index contributed by atoms with van der Waals surface area (Å²) in [4.78, 5) is 11.6. The average Bonchev–Trinajstić information content (AvgIpc) is 2.68. The van der Waals surface area contributed by atoms with Gasteiger partial charge in [0, 0.05) is 5.56 Å². The zero-order valence-corrected chi connectivity index (χ0v) is 15.1. The van der Waals surface area contributed by atoms with E-state index in [1.165, 1.54) is 12.1 Å². The van der Waals surface area contributed by atoms with Crippen molar-refractivity contribution in [2.45, 2.75) is 6.18 Å². The van der Waals surface area contributed by atoms with Crippen LogP contribution in [-0.4, -0.2) is 32.8 Å². The summed E-state index contributed by atoms with van der Waals surface area (Å²) < 4.78 is 48.4. The third-order valence-electron chi connectivity index (χ3n) is 3.48. The van der Waals surface area contributed by atoms with Crippen molar-refractivity contribution in [3.05, 3.63) is 59.7 Å². The summed E-state index contributed by atoms with van der Waals surface area (Å²) >= 11 is 0. The molecule has 0 radical (unpaired) electrons. The van der Waals surface area contributed by atoms with E-state index in [2.05, 4.69) is 22.5 Å². The fourth-order valence-corrected chi connectivity index (χ4v) is 2.11. The zero-order valence-electron chi connectivity index (χ0n) is 15.1. The second-order valence-corrected chi connectivity index (χ2v) is 5.51. The Morgan fingerprint density at radius 2 is 1.79 bits per heavy atom. The Morgan fingerprint density at radius 3 is 2.46 bits per heavy atom. The van der Waals surface area contributed by atoms with Gasteiger partial charge in [-0.2, -0.15) is 13.2 Å². The van der Waals surface area contributed by atoms with Gasteiger partial charge in [-0.1, -0.05) is 17.9 Å². The molecule has 0 bridgehead atoms. The Balaban J connectivity index is 1.67. The van der Waals surface area contributed by atoms with Crippen molar-refractivity contribution in [1.82, 2.24) is 10.6 Å². The van der Waals surface area contributed by atoms with Crippen LogP contribution in [0.1, 0.15) is 11.1 Å². The van der Waals surface area contributed by atoms with E-state index in [1.54, 1.807) is 31.4 Å². The summed E-state index contributed by atoms with van der Waals surface area (Å²) in [5.41, 5.74) is -0.535. The van der Waals surface area contributed by atoms with E-state index in [0.717, 1.165) is 17.9 Å². The third kappa shape index (κ3) is 7.11. The van der Waals surface area contributed by atoms with Crippen LogP contribution in [0.2, 0.25) is 0 Å². The molecular weight excluding hydrogens is 373 g/mol. The molecule has 2 rings (SSSR count). The Labute approximate surface area is 160 Å². The van der Waals surface area contributed by atoms with Gasteiger partial charge in [0.05, 0.1) is 25.8 Å². The molecule has 148 valence electrons. The minimum absolute atomic E-state index is 0.00140. The fourth-order valence-electron chi connectivity index (χ4n) is 2.11. The molecule has 8 heteroatoms. The highest BCUT2D eigenvalue weighted by Crippen LogP contribution is 2.29. The maximum absolute atomic E-state index is 12.6. The number of urea groups is 1. The smallest absolute Gasteiger partial charge is 0.416 e. The van der Waals surface area contributed by atoms with Crippen LogP contribution in [0.25, 0.3) is 0 Å². The van der Waals surface area contributed by atoms with Crippen molar-refractivity contribution in [3.8, 4) is 23.3 Å². The molecule has 0 aromatic heterocycles. The van der Waals surface area contributed by atoms with Crippen LogP contribution in [0.4, 0.5) is 18.0 Å². The molecular formula is C20H19F3N2O3. The highest BCUT2D eigenvalue weighted by molar-refractivity contribution is 5.74. The van der Waals surface area contributed by atoms with Crippen LogP contribution >= 0.6 is 0 Å². The quantitative estimate of drug-likeness (QED) is 0.585. The molecule has 0 atom stereocenters. The van der Waals surface area contributed by atoms with E-state index < -0.39 is 17.8 Å². The van der Waals surface area contributed by atoms with Crippen LogP contribution in [0, 0.1) is 11.8 Å². The molecule has 0 saturated carbocycles. The van der Waals surface area contributed by atoms with E-state index in [9.17, 15) is 18.0 Å². The zero-order chi connectivity index (χ0) is 20.4. The van der Waals surface area contributed by atoms with Crippen molar-refractivity contribution in [1.29, 1.82) is 0 Å². The SMILES string of the molecule is COc1ccc(OCCNC(=O)NCC#Cc2cccc(C(F)(F)F)c2)cc1. The first-order valence-corrected chi connectivity index (χ1v) is 8.33. The number of halogens is 3. The number of alkyl halides is 3. The highest BCUT2D eigenvalue weighted by atomic mass is 19.4. The molecule has 2 N–H and O–H groups in total. The number of ether oxygens (including phenoxy) is 2. The molecule has 0 unspecified atom stereocenters. The second kappa shape index (κ2) is 10.1.